The fourth-order valence-electron chi connectivity index (χ4n) is 1.17. The summed E-state index contributed by atoms with van der Waals surface area (Å²) in [4.78, 5) is 0. The maximum atomic E-state index is 11.1. The van der Waals surface area contributed by atoms with Gasteiger partial charge in [0, 0.05) is 28.3 Å². The van der Waals surface area contributed by atoms with E-state index in [1.165, 1.54) is 0 Å². The van der Waals surface area contributed by atoms with Gasteiger partial charge >= 0.3 is 0 Å². The molecule has 84 valence electrons. The summed E-state index contributed by atoms with van der Waals surface area (Å²) < 4.78 is 11.1. The third kappa shape index (κ3) is 7.27. The van der Waals surface area contributed by atoms with Crippen molar-refractivity contribution in [2.24, 2.45) is 0 Å². The molecule has 3 unspecified atom stereocenters. The smallest absolute Gasteiger partial charge is 0.0329 e. The summed E-state index contributed by atoms with van der Waals surface area (Å²) in [6.07, 6.45) is 6.89. The lowest BCUT2D eigenvalue weighted by molar-refractivity contribution is 0.508. The Kier molecular flexibility index (Phi) is 8.09. The van der Waals surface area contributed by atoms with Crippen molar-refractivity contribution < 1.29 is 4.21 Å². The topological polar surface area (TPSA) is 29.1 Å². The fourth-order valence-corrected chi connectivity index (χ4v) is 1.62. The van der Waals surface area contributed by atoms with E-state index in [2.05, 4.69) is 18.8 Å². The molecule has 0 spiro atoms. The molecule has 0 aliphatic rings. The Bertz CT molecular complexity index is 182. The van der Waals surface area contributed by atoms with Crippen molar-refractivity contribution in [3.8, 4) is 0 Å². The van der Waals surface area contributed by atoms with Gasteiger partial charge in [0.05, 0.1) is 0 Å². The maximum absolute atomic E-state index is 11.1. The van der Waals surface area contributed by atoms with Crippen LogP contribution in [0, 0.1) is 0 Å². The van der Waals surface area contributed by atoms with Gasteiger partial charge in [0.2, 0.25) is 0 Å². The fraction of sp³-hybridized carbons (Fsp3) is 0.818. The Morgan fingerprint density at radius 3 is 2.57 bits per heavy atom. The van der Waals surface area contributed by atoms with Crippen LogP contribution in [0.2, 0.25) is 0 Å². The Balaban J connectivity index is 3.43. The Hall–Kier alpha value is -0.150. The normalized spacial score (nSPS) is 17.4. The third-order valence-corrected chi connectivity index (χ3v) is 3.78. The van der Waals surface area contributed by atoms with E-state index >= 15 is 0 Å². The van der Waals surface area contributed by atoms with Gasteiger partial charge in [0.25, 0.3) is 0 Å². The molecule has 0 rings (SSSR count). The highest BCUT2D eigenvalue weighted by molar-refractivity contribution is 7.84. The quantitative estimate of drug-likeness (QED) is 0.631. The van der Waals surface area contributed by atoms with E-state index in [0.29, 0.717) is 11.3 Å². The lowest BCUT2D eigenvalue weighted by Gasteiger charge is -2.14. The van der Waals surface area contributed by atoms with E-state index in [1.807, 2.05) is 13.0 Å². The van der Waals surface area contributed by atoms with Gasteiger partial charge in [-0.2, -0.15) is 0 Å². The minimum Gasteiger partial charge on any atom is -0.314 e. The summed E-state index contributed by atoms with van der Waals surface area (Å²) in [6, 6.07) is 0.533. The molecule has 14 heavy (non-hydrogen) atoms. The van der Waals surface area contributed by atoms with Crippen LogP contribution in [0.4, 0.5) is 0 Å². The average molecular weight is 217 g/mol. The zero-order chi connectivity index (χ0) is 11.0. The first-order valence-corrected chi connectivity index (χ1v) is 6.86. The van der Waals surface area contributed by atoms with Crippen molar-refractivity contribution in [3.05, 3.63) is 12.7 Å². The van der Waals surface area contributed by atoms with E-state index < -0.39 is 10.8 Å². The van der Waals surface area contributed by atoms with E-state index in [0.717, 1.165) is 25.8 Å². The van der Waals surface area contributed by atoms with E-state index in [-0.39, 0.29) is 0 Å². The van der Waals surface area contributed by atoms with Gasteiger partial charge in [-0.15, -0.1) is 6.58 Å². The Labute approximate surface area is 90.6 Å². The molecule has 0 saturated carbocycles. The van der Waals surface area contributed by atoms with Crippen molar-refractivity contribution in [2.45, 2.75) is 44.4 Å². The zero-order valence-corrected chi connectivity index (χ0v) is 10.4. The van der Waals surface area contributed by atoms with Crippen LogP contribution in [0.3, 0.4) is 0 Å². The average Bonchev–Trinajstić information content (AvgIpc) is 2.14. The third-order valence-electron chi connectivity index (χ3n) is 2.41. The second-order valence-corrected chi connectivity index (χ2v) is 5.62. The molecule has 0 aromatic rings. The molecule has 0 radical (unpaired) electrons. The zero-order valence-electron chi connectivity index (χ0n) is 9.58. The van der Waals surface area contributed by atoms with Crippen molar-refractivity contribution in [3.63, 3.8) is 0 Å². The molecule has 0 heterocycles. The summed E-state index contributed by atoms with van der Waals surface area (Å²) in [5, 5.41) is 3.72. The summed E-state index contributed by atoms with van der Waals surface area (Å²) in [6.45, 7) is 8.87. The molecular formula is C11H23NOS. The number of hydrogen-bond acceptors (Lipinski definition) is 2. The van der Waals surface area contributed by atoms with Crippen molar-refractivity contribution in [1.29, 1.82) is 0 Å². The standard InChI is InChI=1S/C11H23NOS/c1-5-6-7-10(2)12-9-8-11(3)14(4)13/h5,10-12H,1,6-9H2,2-4H3. The second kappa shape index (κ2) is 8.18. The van der Waals surface area contributed by atoms with E-state index in [1.54, 1.807) is 6.26 Å². The summed E-state index contributed by atoms with van der Waals surface area (Å²) in [7, 11) is -0.687. The molecule has 0 aliphatic carbocycles. The molecule has 3 heteroatoms. The lowest BCUT2D eigenvalue weighted by Crippen LogP contribution is -2.29. The second-order valence-electron chi connectivity index (χ2n) is 3.82. The molecule has 0 aliphatic heterocycles. The number of rotatable bonds is 8. The van der Waals surface area contributed by atoms with Crippen LogP contribution in [0.5, 0.6) is 0 Å². The van der Waals surface area contributed by atoms with Gasteiger partial charge in [-0.3, -0.25) is 4.21 Å². The largest absolute Gasteiger partial charge is 0.314 e. The highest BCUT2D eigenvalue weighted by atomic mass is 32.2. The summed E-state index contributed by atoms with van der Waals surface area (Å²) in [5.74, 6) is 0. The van der Waals surface area contributed by atoms with Gasteiger partial charge in [-0.1, -0.05) is 13.0 Å². The van der Waals surface area contributed by atoms with Crippen LogP contribution in [0.15, 0.2) is 12.7 Å². The first-order chi connectivity index (χ1) is 6.57. The molecular weight excluding hydrogens is 194 g/mol. The van der Waals surface area contributed by atoms with Gasteiger partial charge in [0.15, 0.2) is 0 Å². The monoisotopic (exact) mass is 217 g/mol. The summed E-state index contributed by atoms with van der Waals surface area (Å²) in [5.41, 5.74) is 0. The molecule has 1 N–H and O–H groups in total. The minimum atomic E-state index is -0.687. The van der Waals surface area contributed by atoms with Crippen LogP contribution in [0.1, 0.15) is 33.1 Å². The first-order valence-electron chi connectivity index (χ1n) is 5.24. The van der Waals surface area contributed by atoms with Crippen LogP contribution in [0.25, 0.3) is 0 Å². The highest BCUT2D eigenvalue weighted by Crippen LogP contribution is 2.00. The molecule has 0 aromatic heterocycles. The number of allylic oxidation sites excluding steroid dienone is 1. The molecule has 3 atom stereocenters. The molecule has 0 fully saturated rings. The predicted octanol–water partition coefficient (Wildman–Crippen LogP) is 2.09. The minimum absolute atomic E-state index is 0.300. The van der Waals surface area contributed by atoms with Crippen LogP contribution in [-0.2, 0) is 10.8 Å². The number of nitrogens with one attached hydrogen (secondary N) is 1. The molecule has 2 nitrogen and oxygen atoms in total. The summed E-state index contributed by atoms with van der Waals surface area (Å²) >= 11 is 0. The van der Waals surface area contributed by atoms with Gasteiger partial charge in [-0.25, -0.2) is 0 Å². The van der Waals surface area contributed by atoms with E-state index in [4.69, 9.17) is 0 Å². The van der Waals surface area contributed by atoms with E-state index in [9.17, 15) is 4.21 Å². The Morgan fingerprint density at radius 1 is 1.43 bits per heavy atom. The molecule has 0 saturated heterocycles. The van der Waals surface area contributed by atoms with Crippen LogP contribution in [-0.4, -0.2) is 28.3 Å². The molecule has 0 bridgehead atoms. The highest BCUT2D eigenvalue weighted by Gasteiger charge is 2.06. The van der Waals surface area contributed by atoms with Crippen LogP contribution < -0.4 is 5.32 Å². The molecule has 0 aromatic carbocycles. The van der Waals surface area contributed by atoms with Crippen LogP contribution >= 0.6 is 0 Å². The first kappa shape index (κ1) is 13.8. The SMILES string of the molecule is C=CCCC(C)NCCC(C)S(C)=O. The predicted molar refractivity (Wildman–Crippen MR) is 65.0 cm³/mol. The van der Waals surface area contributed by atoms with Gasteiger partial charge in [-0.05, 0) is 32.7 Å². The van der Waals surface area contributed by atoms with Crippen molar-refractivity contribution in [1.82, 2.24) is 5.32 Å². The lowest BCUT2D eigenvalue weighted by atomic mass is 10.2. The van der Waals surface area contributed by atoms with Crippen molar-refractivity contribution in [2.75, 3.05) is 12.8 Å². The maximum Gasteiger partial charge on any atom is 0.0329 e. The number of hydrogen-bond donors (Lipinski definition) is 1. The Morgan fingerprint density at radius 2 is 2.07 bits per heavy atom. The van der Waals surface area contributed by atoms with Gasteiger partial charge in [0.1, 0.15) is 0 Å². The molecule has 0 amide bonds. The van der Waals surface area contributed by atoms with Crippen molar-refractivity contribution >= 4 is 10.8 Å². The van der Waals surface area contributed by atoms with Gasteiger partial charge < -0.3 is 5.32 Å².